The molecule has 0 fully saturated rings. The molecule has 8 bridgehead atoms. The zero-order valence-electron chi connectivity index (χ0n) is 35.8. The van der Waals surface area contributed by atoms with Gasteiger partial charge in [0, 0.05) is 42.7 Å². The van der Waals surface area contributed by atoms with Gasteiger partial charge in [0.1, 0.15) is 28.8 Å². The molecule has 334 valence electrons. The third-order valence-electron chi connectivity index (χ3n) is 11.0. The van der Waals surface area contributed by atoms with Crippen LogP contribution in [0.25, 0.3) is 79.8 Å². The highest BCUT2D eigenvalue weighted by molar-refractivity contribution is 9.10. The Morgan fingerprint density at radius 1 is 0.924 bits per heavy atom. The van der Waals surface area contributed by atoms with Crippen LogP contribution in [0.15, 0.2) is 59.1 Å². The molecular weight excluding hydrogens is 940 g/mol. The molecule has 8 rings (SSSR count). The largest absolute Gasteiger partial charge is 0.508 e. The standard InChI is InChI=1S/C48H37BrClF2N7O7/c1-23-16-28(60)7-8-29(23)41-33-10-9-32(54-33)40(26-17-27(21-53)47(58(2)3)30(52)18-26)45-43(50)42(49)46(57-45)48(59(62)63)34-12-11-31(55-34)39(35-19-25(14-15-51)44(41)56-35)24-6-13-36(64-4)37(20-24)66-22-38(61)65-5/h6-13,16-20,56-57,60H,14-15,22H2,1-5H3. The number of phenols is 1. The number of rotatable bonds is 11. The number of aryl methyl sites for hydroxylation is 2. The number of H-pyrrole nitrogens is 2. The molecule has 6 aromatic rings. The van der Waals surface area contributed by atoms with Crippen molar-refractivity contribution in [2.75, 3.05) is 46.5 Å². The molecule has 18 heteroatoms. The number of hydrogen-bond acceptors (Lipinski definition) is 11. The molecule has 66 heavy (non-hydrogen) atoms. The Morgan fingerprint density at radius 2 is 1.62 bits per heavy atom. The minimum absolute atomic E-state index is 0.00209. The molecule has 0 radical (unpaired) electrons. The molecule has 5 heterocycles. The van der Waals surface area contributed by atoms with Gasteiger partial charge in [0.2, 0.25) is 0 Å². The Labute approximate surface area is 388 Å². The summed E-state index contributed by atoms with van der Waals surface area (Å²) in [5, 5.41) is 34.0. The first-order valence-electron chi connectivity index (χ1n) is 20.0. The first-order valence-corrected chi connectivity index (χ1v) is 21.2. The van der Waals surface area contributed by atoms with E-state index < -0.39 is 35.7 Å². The summed E-state index contributed by atoms with van der Waals surface area (Å²) < 4.78 is 47.2. The number of esters is 1. The minimum Gasteiger partial charge on any atom is -0.508 e. The van der Waals surface area contributed by atoms with E-state index in [2.05, 4.69) is 32.0 Å². The van der Waals surface area contributed by atoms with Crippen LogP contribution in [-0.4, -0.2) is 77.5 Å². The van der Waals surface area contributed by atoms with Crippen LogP contribution >= 0.6 is 27.5 Å². The number of anilines is 1. The number of fused-ring (bicyclic) bond motifs is 8. The van der Waals surface area contributed by atoms with Gasteiger partial charge in [-0.2, -0.15) is 5.26 Å². The number of nitro groups is 1. The highest BCUT2D eigenvalue weighted by Gasteiger charge is 2.28. The summed E-state index contributed by atoms with van der Waals surface area (Å²) in [6.07, 6.45) is 6.38. The van der Waals surface area contributed by atoms with Gasteiger partial charge < -0.3 is 34.2 Å². The number of carbonyl (C=O) groups excluding carboxylic acids is 1. The maximum Gasteiger partial charge on any atom is 0.343 e. The molecule has 14 nitrogen and oxygen atoms in total. The van der Waals surface area contributed by atoms with E-state index in [4.69, 9.17) is 35.8 Å². The van der Waals surface area contributed by atoms with E-state index >= 15 is 4.39 Å². The number of nitriles is 1. The number of alkyl halides is 1. The summed E-state index contributed by atoms with van der Waals surface area (Å²) in [5.41, 5.74) is 4.76. The van der Waals surface area contributed by atoms with Crippen molar-refractivity contribution in [3.63, 3.8) is 0 Å². The summed E-state index contributed by atoms with van der Waals surface area (Å²) >= 11 is 10.6. The fourth-order valence-corrected chi connectivity index (χ4v) is 8.87. The van der Waals surface area contributed by atoms with Gasteiger partial charge in [-0.15, -0.1) is 0 Å². The molecule has 0 saturated heterocycles. The first-order chi connectivity index (χ1) is 31.7. The predicted octanol–water partition coefficient (Wildman–Crippen LogP) is 11.1. The van der Waals surface area contributed by atoms with Crippen molar-refractivity contribution < 1.29 is 37.8 Å². The quantitative estimate of drug-likeness (QED) is 0.0634. The third-order valence-corrected chi connectivity index (χ3v) is 12.4. The Hall–Kier alpha value is -7.55. The number of hydrogen-bond donors (Lipinski definition) is 3. The molecule has 2 aliphatic heterocycles. The fraction of sp³-hybridized carbons (Fsp3) is 0.167. The van der Waals surface area contributed by atoms with Crippen LogP contribution in [0.5, 0.6) is 17.2 Å². The molecule has 0 amide bonds. The van der Waals surface area contributed by atoms with Crippen LogP contribution in [0.4, 0.5) is 20.2 Å². The van der Waals surface area contributed by atoms with Gasteiger partial charge in [0.25, 0.3) is 0 Å². The second-order valence-corrected chi connectivity index (χ2v) is 16.4. The monoisotopic (exact) mass is 975 g/mol. The maximum absolute atomic E-state index is 16.1. The van der Waals surface area contributed by atoms with E-state index in [0.29, 0.717) is 55.9 Å². The van der Waals surface area contributed by atoms with Crippen LogP contribution < -0.4 is 14.4 Å². The molecule has 0 unspecified atom stereocenters. The fourth-order valence-electron chi connectivity index (χ4n) is 8.15. The van der Waals surface area contributed by atoms with Crippen LogP contribution in [0.1, 0.15) is 39.5 Å². The van der Waals surface area contributed by atoms with Gasteiger partial charge in [-0.1, -0.05) is 23.7 Å². The lowest BCUT2D eigenvalue weighted by Crippen LogP contribution is -2.13. The molecule has 3 N–H and O–H groups in total. The normalized spacial score (nSPS) is 11.7. The van der Waals surface area contributed by atoms with E-state index in [0.717, 1.165) is 0 Å². The number of carbonyl (C=O) groups is 1. The van der Waals surface area contributed by atoms with E-state index in [-0.39, 0.29) is 77.9 Å². The number of ether oxygens (including phenoxy) is 3. The van der Waals surface area contributed by atoms with Gasteiger partial charge in [0.05, 0.1) is 74.7 Å². The summed E-state index contributed by atoms with van der Waals surface area (Å²) in [6, 6.07) is 16.3. The molecule has 0 saturated carbocycles. The average molecular weight is 977 g/mol. The number of aromatic nitrogens is 4. The van der Waals surface area contributed by atoms with Crippen molar-refractivity contribution in [3.8, 4) is 56.7 Å². The van der Waals surface area contributed by atoms with Crippen molar-refractivity contribution in [3.05, 3.63) is 119 Å². The Morgan fingerprint density at radius 3 is 2.27 bits per heavy atom. The van der Waals surface area contributed by atoms with E-state index in [1.807, 2.05) is 0 Å². The average Bonchev–Trinajstić information content (AvgIpc) is 4.10. The van der Waals surface area contributed by atoms with E-state index in [1.54, 1.807) is 75.6 Å². The second kappa shape index (κ2) is 18.1. The lowest BCUT2D eigenvalue weighted by atomic mass is 9.97. The van der Waals surface area contributed by atoms with Crippen LogP contribution in [0, 0.1) is 34.2 Å². The number of benzene rings is 3. The minimum atomic E-state index is -0.759. The van der Waals surface area contributed by atoms with Gasteiger partial charge >= 0.3 is 11.7 Å². The summed E-state index contributed by atoms with van der Waals surface area (Å²) in [4.78, 5) is 42.9. The molecule has 0 spiro atoms. The Balaban J connectivity index is 1.62. The van der Waals surface area contributed by atoms with Gasteiger partial charge in [0.15, 0.2) is 18.1 Å². The lowest BCUT2D eigenvalue weighted by Gasteiger charge is -2.17. The highest BCUT2D eigenvalue weighted by Crippen LogP contribution is 2.45. The van der Waals surface area contributed by atoms with Crippen molar-refractivity contribution in [2.24, 2.45) is 0 Å². The number of halogens is 4. The zero-order chi connectivity index (χ0) is 47.1. The number of nitrogens with zero attached hydrogens (tertiary/aromatic N) is 5. The van der Waals surface area contributed by atoms with Crippen LogP contribution in [-0.2, 0) is 16.0 Å². The van der Waals surface area contributed by atoms with Gasteiger partial charge in [-0.25, -0.2) is 19.2 Å². The molecule has 3 aromatic heterocycles. The first kappa shape index (κ1) is 45.0. The van der Waals surface area contributed by atoms with E-state index in [1.165, 1.54) is 43.4 Å². The van der Waals surface area contributed by atoms with Crippen LogP contribution in [0.2, 0.25) is 5.02 Å². The Kier molecular flexibility index (Phi) is 12.4. The van der Waals surface area contributed by atoms with Crippen LogP contribution in [0.3, 0.4) is 0 Å². The van der Waals surface area contributed by atoms with E-state index in [9.17, 15) is 29.7 Å². The predicted molar refractivity (Wildman–Crippen MR) is 254 cm³/mol. The number of methoxy groups -OCH3 is 2. The maximum atomic E-state index is 16.1. The summed E-state index contributed by atoms with van der Waals surface area (Å²) in [7, 11) is 5.88. The highest BCUT2D eigenvalue weighted by atomic mass is 79.9. The number of aromatic amines is 2. The molecule has 0 atom stereocenters. The summed E-state index contributed by atoms with van der Waals surface area (Å²) in [6.45, 7) is 0.606. The van der Waals surface area contributed by atoms with Crippen molar-refractivity contribution in [1.29, 1.82) is 5.26 Å². The van der Waals surface area contributed by atoms with Crippen molar-refractivity contribution >= 4 is 91.2 Å². The molecular formula is C48H37BrClF2N7O7. The smallest absolute Gasteiger partial charge is 0.343 e. The van der Waals surface area contributed by atoms with Crippen molar-refractivity contribution in [1.82, 2.24) is 19.9 Å². The third kappa shape index (κ3) is 8.09. The van der Waals surface area contributed by atoms with Crippen molar-refractivity contribution in [2.45, 2.75) is 13.3 Å². The van der Waals surface area contributed by atoms with Gasteiger partial charge in [-0.3, -0.25) is 14.5 Å². The number of aromatic hydroxyl groups is 1. The second-order valence-electron chi connectivity index (χ2n) is 15.3. The molecule has 2 aliphatic rings. The lowest BCUT2D eigenvalue weighted by molar-refractivity contribution is -0.383. The Bertz CT molecular complexity index is 3320. The number of phenolic OH excluding ortho intramolecular Hbond substituents is 1. The zero-order valence-corrected chi connectivity index (χ0v) is 38.1. The molecule has 0 aliphatic carbocycles. The summed E-state index contributed by atoms with van der Waals surface area (Å²) in [5.74, 6) is -0.892. The SMILES string of the molecule is COC(=O)COc1cc(-c2c3nc(c([N+](=O)[O-])c4[nH]c(c(Cl)c4Br)c(-c4cc(F)c(N(C)C)c(C#N)c4)c4nc(c(-c5ccc(O)cc5C)c5[nH]c2cc5CCF)C=C4)C=C3)ccc1OC. The topological polar surface area (TPSA) is 193 Å². The molecule has 3 aromatic carbocycles. The number of nitrogens with one attached hydrogen (secondary N) is 2. The van der Waals surface area contributed by atoms with Gasteiger partial charge in [-0.05, 0) is 117 Å².